The molecule has 2 rings (SSSR count). The van der Waals surface area contributed by atoms with Gasteiger partial charge in [0.2, 0.25) is 5.91 Å². The van der Waals surface area contributed by atoms with E-state index < -0.39 is 18.5 Å². The Labute approximate surface area is 181 Å². The number of hydrogen-bond acceptors (Lipinski definition) is 5. The summed E-state index contributed by atoms with van der Waals surface area (Å²) in [5, 5.41) is 5.37. The second-order valence-electron chi connectivity index (χ2n) is 7.05. The second-order valence-corrected chi connectivity index (χ2v) is 7.05. The van der Waals surface area contributed by atoms with Crippen molar-refractivity contribution in [3.8, 4) is 0 Å². The van der Waals surface area contributed by atoms with E-state index in [0.29, 0.717) is 12.1 Å². The zero-order chi connectivity index (χ0) is 22.8. The van der Waals surface area contributed by atoms with Crippen LogP contribution in [0, 0.1) is 6.92 Å². The monoisotopic (exact) mass is 425 g/mol. The average molecular weight is 425 g/mol. The van der Waals surface area contributed by atoms with E-state index in [-0.39, 0.29) is 29.6 Å². The van der Waals surface area contributed by atoms with Crippen LogP contribution in [0.2, 0.25) is 0 Å². The van der Waals surface area contributed by atoms with Crippen LogP contribution in [-0.4, -0.2) is 55.3 Å². The molecule has 0 aliphatic carbocycles. The Bertz CT molecular complexity index is 958. The molecule has 2 aromatic rings. The third-order valence-corrected chi connectivity index (χ3v) is 4.38. The molecule has 0 fully saturated rings. The van der Waals surface area contributed by atoms with Gasteiger partial charge < -0.3 is 20.3 Å². The molecule has 31 heavy (non-hydrogen) atoms. The molecule has 0 unspecified atom stereocenters. The summed E-state index contributed by atoms with van der Waals surface area (Å²) in [4.78, 5) is 50.1. The first-order valence-electron chi connectivity index (χ1n) is 9.96. The predicted octanol–water partition coefficient (Wildman–Crippen LogP) is 2.39. The number of para-hydroxylation sites is 1. The van der Waals surface area contributed by atoms with Crippen LogP contribution in [0.3, 0.4) is 0 Å². The van der Waals surface area contributed by atoms with E-state index in [0.717, 1.165) is 12.0 Å². The quantitative estimate of drug-likeness (QED) is 0.600. The Morgan fingerprint density at radius 3 is 2.48 bits per heavy atom. The predicted molar refractivity (Wildman–Crippen MR) is 117 cm³/mol. The number of carbonyl (C=O) groups is 4. The standard InChI is InChI=1S/C23H27N3O5/c1-4-12-24-20(27)14-26(3)21(28)15-31-23(30)18-10-5-6-11-19(18)25-22(29)17-9-7-8-16(2)13-17/h5-11,13H,4,12,14-15H2,1-3H3,(H,24,27)(H,25,29). The Hall–Kier alpha value is -3.68. The van der Waals surface area contributed by atoms with E-state index in [9.17, 15) is 19.2 Å². The molecule has 164 valence electrons. The van der Waals surface area contributed by atoms with Crippen molar-refractivity contribution in [2.24, 2.45) is 0 Å². The number of carbonyl (C=O) groups excluding carboxylic acids is 4. The summed E-state index contributed by atoms with van der Waals surface area (Å²) < 4.78 is 5.11. The number of amides is 3. The summed E-state index contributed by atoms with van der Waals surface area (Å²) >= 11 is 0. The van der Waals surface area contributed by atoms with Crippen molar-refractivity contribution in [2.45, 2.75) is 20.3 Å². The van der Waals surface area contributed by atoms with Gasteiger partial charge in [0.25, 0.3) is 11.8 Å². The van der Waals surface area contributed by atoms with E-state index >= 15 is 0 Å². The van der Waals surface area contributed by atoms with Crippen LogP contribution in [0.1, 0.15) is 39.6 Å². The lowest BCUT2D eigenvalue weighted by molar-refractivity contribution is -0.137. The number of nitrogens with one attached hydrogen (secondary N) is 2. The van der Waals surface area contributed by atoms with E-state index in [4.69, 9.17) is 4.74 Å². The molecule has 8 nitrogen and oxygen atoms in total. The maximum Gasteiger partial charge on any atom is 0.340 e. The summed E-state index contributed by atoms with van der Waals surface area (Å²) in [5.41, 5.74) is 1.80. The molecule has 0 spiro atoms. The van der Waals surface area contributed by atoms with Crippen molar-refractivity contribution in [2.75, 3.05) is 32.1 Å². The van der Waals surface area contributed by atoms with Crippen LogP contribution in [0.15, 0.2) is 48.5 Å². The lowest BCUT2D eigenvalue weighted by Crippen LogP contribution is -2.40. The van der Waals surface area contributed by atoms with Gasteiger partial charge >= 0.3 is 5.97 Å². The number of nitrogens with zero attached hydrogens (tertiary/aromatic N) is 1. The van der Waals surface area contributed by atoms with Crippen molar-refractivity contribution >= 4 is 29.4 Å². The van der Waals surface area contributed by atoms with Gasteiger partial charge in [0, 0.05) is 19.2 Å². The SMILES string of the molecule is CCCNC(=O)CN(C)C(=O)COC(=O)c1ccccc1NC(=O)c1cccc(C)c1. The normalized spacial score (nSPS) is 10.2. The molecule has 8 heteroatoms. The molecule has 0 aromatic heterocycles. The first-order chi connectivity index (χ1) is 14.8. The fraction of sp³-hybridized carbons (Fsp3) is 0.304. The maximum absolute atomic E-state index is 12.5. The minimum atomic E-state index is -0.752. The molecule has 3 amide bonds. The van der Waals surface area contributed by atoms with Crippen LogP contribution < -0.4 is 10.6 Å². The summed E-state index contributed by atoms with van der Waals surface area (Å²) in [7, 11) is 1.46. The molecule has 0 saturated heterocycles. The molecular formula is C23H27N3O5. The summed E-state index contributed by atoms with van der Waals surface area (Å²) in [6.45, 7) is 3.69. The van der Waals surface area contributed by atoms with Gasteiger partial charge in [-0.25, -0.2) is 4.79 Å². The molecule has 2 N–H and O–H groups in total. The van der Waals surface area contributed by atoms with Gasteiger partial charge in [-0.05, 0) is 37.6 Å². The van der Waals surface area contributed by atoms with Gasteiger partial charge in [-0.15, -0.1) is 0 Å². The first kappa shape index (κ1) is 23.6. The molecule has 2 aromatic carbocycles. The fourth-order valence-electron chi connectivity index (χ4n) is 2.69. The number of likely N-dealkylation sites (N-methyl/N-ethyl adjacent to an activating group) is 1. The van der Waals surface area contributed by atoms with Crippen LogP contribution in [0.25, 0.3) is 0 Å². The fourth-order valence-corrected chi connectivity index (χ4v) is 2.69. The summed E-state index contributed by atoms with van der Waals surface area (Å²) in [5.74, 6) is -1.91. The number of rotatable bonds is 9. The minimum absolute atomic E-state index is 0.125. The lowest BCUT2D eigenvalue weighted by atomic mass is 10.1. The Kier molecular flexibility index (Phi) is 8.75. The highest BCUT2D eigenvalue weighted by molar-refractivity contribution is 6.08. The average Bonchev–Trinajstić information content (AvgIpc) is 2.76. The first-order valence-corrected chi connectivity index (χ1v) is 9.96. The zero-order valence-electron chi connectivity index (χ0n) is 17.9. The lowest BCUT2D eigenvalue weighted by Gasteiger charge is -2.17. The van der Waals surface area contributed by atoms with Gasteiger partial charge in [0.1, 0.15) is 0 Å². The van der Waals surface area contributed by atoms with Gasteiger partial charge in [-0.1, -0.05) is 36.8 Å². The largest absolute Gasteiger partial charge is 0.452 e. The van der Waals surface area contributed by atoms with Crippen molar-refractivity contribution in [1.82, 2.24) is 10.2 Å². The summed E-state index contributed by atoms with van der Waals surface area (Å²) in [6.07, 6.45) is 0.793. The van der Waals surface area contributed by atoms with Gasteiger partial charge in [0.05, 0.1) is 17.8 Å². The molecule has 0 bridgehead atoms. The third-order valence-electron chi connectivity index (χ3n) is 4.38. The number of hydrogen-bond donors (Lipinski definition) is 2. The Morgan fingerprint density at radius 1 is 1.03 bits per heavy atom. The highest BCUT2D eigenvalue weighted by Crippen LogP contribution is 2.18. The molecule has 0 radical (unpaired) electrons. The van der Waals surface area contributed by atoms with Crippen LogP contribution in [0.4, 0.5) is 5.69 Å². The maximum atomic E-state index is 12.5. The van der Waals surface area contributed by atoms with E-state index in [1.54, 1.807) is 36.4 Å². The minimum Gasteiger partial charge on any atom is -0.452 e. The molecule has 0 atom stereocenters. The highest BCUT2D eigenvalue weighted by atomic mass is 16.5. The van der Waals surface area contributed by atoms with Crippen LogP contribution in [0.5, 0.6) is 0 Å². The molecular weight excluding hydrogens is 398 g/mol. The second kappa shape index (κ2) is 11.5. The smallest absolute Gasteiger partial charge is 0.340 e. The number of esters is 1. The van der Waals surface area contributed by atoms with Crippen molar-refractivity contribution in [3.05, 3.63) is 65.2 Å². The molecule has 0 heterocycles. The van der Waals surface area contributed by atoms with E-state index in [2.05, 4.69) is 10.6 Å². The molecule has 0 saturated carbocycles. The molecule has 0 aliphatic heterocycles. The number of ether oxygens (including phenoxy) is 1. The van der Waals surface area contributed by atoms with Gasteiger partial charge in [0.15, 0.2) is 6.61 Å². The number of anilines is 1. The topological polar surface area (TPSA) is 105 Å². The summed E-state index contributed by atoms with van der Waals surface area (Å²) in [6, 6.07) is 13.5. The van der Waals surface area contributed by atoms with Crippen LogP contribution >= 0.6 is 0 Å². The third kappa shape index (κ3) is 7.26. The van der Waals surface area contributed by atoms with Crippen molar-refractivity contribution < 1.29 is 23.9 Å². The van der Waals surface area contributed by atoms with Crippen molar-refractivity contribution in [1.29, 1.82) is 0 Å². The van der Waals surface area contributed by atoms with E-state index in [1.807, 2.05) is 19.9 Å². The highest BCUT2D eigenvalue weighted by Gasteiger charge is 2.19. The van der Waals surface area contributed by atoms with Crippen molar-refractivity contribution in [3.63, 3.8) is 0 Å². The zero-order valence-corrected chi connectivity index (χ0v) is 17.9. The van der Waals surface area contributed by atoms with Gasteiger partial charge in [-0.3, -0.25) is 14.4 Å². The number of benzene rings is 2. The van der Waals surface area contributed by atoms with Crippen LogP contribution in [-0.2, 0) is 14.3 Å². The van der Waals surface area contributed by atoms with E-state index in [1.165, 1.54) is 18.0 Å². The molecule has 0 aliphatic rings. The van der Waals surface area contributed by atoms with Gasteiger partial charge in [-0.2, -0.15) is 0 Å². The Balaban J connectivity index is 1.97. The Morgan fingerprint density at radius 2 is 1.77 bits per heavy atom. The number of aryl methyl sites for hydroxylation is 1.